The quantitative estimate of drug-likeness (QED) is 0.860. The Morgan fingerprint density at radius 1 is 1.45 bits per heavy atom. The van der Waals surface area contributed by atoms with Gasteiger partial charge in [-0.15, -0.1) is 0 Å². The summed E-state index contributed by atoms with van der Waals surface area (Å²) in [5, 5.41) is -0.383. The molecule has 1 aromatic carbocycles. The van der Waals surface area contributed by atoms with Crippen molar-refractivity contribution in [3.8, 4) is 0 Å². The molecule has 0 bridgehead atoms. The summed E-state index contributed by atoms with van der Waals surface area (Å²) in [5.74, 6) is 1.82. The third-order valence-electron chi connectivity index (χ3n) is 3.68. The molecule has 1 aliphatic rings. The summed E-state index contributed by atoms with van der Waals surface area (Å²) in [6.07, 6.45) is 0. The molecule has 0 saturated carbocycles. The minimum atomic E-state index is -3.05. The number of nitrogens with zero attached hydrogens (tertiary/aromatic N) is 1. The van der Waals surface area contributed by atoms with Crippen LogP contribution < -0.4 is 5.73 Å². The Balaban J connectivity index is 2.23. The number of thioether (sulfide) groups is 1. The van der Waals surface area contributed by atoms with Gasteiger partial charge in [0.2, 0.25) is 0 Å². The lowest BCUT2D eigenvalue weighted by Crippen LogP contribution is -2.47. The molecule has 0 aliphatic carbocycles. The highest BCUT2D eigenvalue weighted by Crippen LogP contribution is 2.25. The van der Waals surface area contributed by atoms with Crippen LogP contribution in [0.1, 0.15) is 18.1 Å². The van der Waals surface area contributed by atoms with Gasteiger partial charge in [-0.05, 0) is 18.6 Å². The molecule has 2 N–H and O–H groups in total. The predicted octanol–water partition coefficient (Wildman–Crippen LogP) is 1.89. The van der Waals surface area contributed by atoms with Crippen LogP contribution in [0.25, 0.3) is 0 Å². The molecule has 2 rings (SSSR count). The molecular weight excluding hydrogens is 292 g/mol. The van der Waals surface area contributed by atoms with Crippen LogP contribution in [0.3, 0.4) is 0 Å². The maximum absolute atomic E-state index is 12.2. The average molecular weight is 314 g/mol. The maximum atomic E-state index is 12.2. The lowest BCUT2D eigenvalue weighted by Gasteiger charge is -2.34. The average Bonchev–Trinajstić information content (AvgIpc) is 2.43. The molecule has 112 valence electrons. The van der Waals surface area contributed by atoms with Crippen LogP contribution in [0.5, 0.6) is 0 Å². The second kappa shape index (κ2) is 6.37. The van der Waals surface area contributed by atoms with Crippen LogP contribution >= 0.6 is 11.8 Å². The van der Waals surface area contributed by atoms with Crippen molar-refractivity contribution in [1.82, 2.24) is 4.90 Å². The third-order valence-corrected chi connectivity index (χ3v) is 7.01. The maximum Gasteiger partial charge on any atom is 0.166 e. The van der Waals surface area contributed by atoms with Gasteiger partial charge in [0.1, 0.15) is 5.37 Å². The highest BCUT2D eigenvalue weighted by molar-refractivity contribution is 8.01. The number of hydrogen-bond acceptors (Lipinski definition) is 5. The zero-order valence-electron chi connectivity index (χ0n) is 12.0. The summed E-state index contributed by atoms with van der Waals surface area (Å²) in [5.41, 5.74) is 8.92. The lowest BCUT2D eigenvalue weighted by molar-refractivity contribution is 0.262. The number of benzene rings is 1. The van der Waals surface area contributed by atoms with Gasteiger partial charge in [0.25, 0.3) is 0 Å². The van der Waals surface area contributed by atoms with E-state index in [4.69, 9.17) is 5.73 Å². The Kier molecular flexibility index (Phi) is 4.99. The molecule has 6 heteroatoms. The van der Waals surface area contributed by atoms with E-state index in [1.807, 2.05) is 25.1 Å². The van der Waals surface area contributed by atoms with Crippen molar-refractivity contribution in [1.29, 1.82) is 0 Å². The zero-order chi connectivity index (χ0) is 14.8. The number of sulfone groups is 1. The van der Waals surface area contributed by atoms with Gasteiger partial charge in [-0.25, -0.2) is 8.42 Å². The highest BCUT2D eigenvalue weighted by Gasteiger charge is 2.32. The first kappa shape index (κ1) is 15.7. The summed E-state index contributed by atoms with van der Waals surface area (Å²) in [4.78, 5) is 2.06. The first-order valence-corrected chi connectivity index (χ1v) is 9.69. The van der Waals surface area contributed by atoms with E-state index in [1.54, 1.807) is 18.7 Å². The minimum Gasteiger partial charge on any atom is -0.398 e. The fraction of sp³-hybridized carbons (Fsp3) is 0.571. The zero-order valence-corrected chi connectivity index (χ0v) is 13.6. The Morgan fingerprint density at radius 2 is 2.20 bits per heavy atom. The first-order chi connectivity index (χ1) is 9.44. The summed E-state index contributed by atoms with van der Waals surface area (Å²) in [6.45, 7) is 5.14. The van der Waals surface area contributed by atoms with Crippen molar-refractivity contribution >= 4 is 27.3 Å². The molecule has 4 nitrogen and oxygen atoms in total. The van der Waals surface area contributed by atoms with E-state index in [0.29, 0.717) is 12.3 Å². The molecule has 1 aliphatic heterocycles. The topological polar surface area (TPSA) is 63.4 Å². The van der Waals surface area contributed by atoms with Gasteiger partial charge < -0.3 is 5.73 Å². The molecule has 20 heavy (non-hydrogen) atoms. The van der Waals surface area contributed by atoms with Crippen molar-refractivity contribution < 1.29 is 8.42 Å². The summed E-state index contributed by atoms with van der Waals surface area (Å²) in [7, 11) is -3.05. The van der Waals surface area contributed by atoms with Crippen LogP contribution in [0.4, 0.5) is 5.69 Å². The van der Waals surface area contributed by atoms with Crippen molar-refractivity contribution in [2.24, 2.45) is 0 Å². The van der Waals surface area contributed by atoms with Crippen LogP contribution in [0.15, 0.2) is 18.2 Å². The van der Waals surface area contributed by atoms with E-state index in [2.05, 4.69) is 4.90 Å². The van der Waals surface area contributed by atoms with E-state index < -0.39 is 9.84 Å². The standard InChI is InChI=1S/C14H22N2O2S2/c1-3-20(17,18)14-10-19-7-6-16(14)9-12-8-11(2)4-5-13(12)15/h4-5,8,14H,3,6-7,9-10,15H2,1-2H3. The van der Waals surface area contributed by atoms with E-state index in [-0.39, 0.29) is 11.1 Å². The molecule has 1 aromatic rings. The van der Waals surface area contributed by atoms with Crippen molar-refractivity contribution in [2.45, 2.75) is 25.8 Å². The van der Waals surface area contributed by atoms with E-state index in [9.17, 15) is 8.42 Å². The van der Waals surface area contributed by atoms with Gasteiger partial charge in [-0.3, -0.25) is 4.90 Å². The van der Waals surface area contributed by atoms with Crippen molar-refractivity contribution in [2.75, 3.05) is 29.5 Å². The Labute approximate surface area is 125 Å². The fourth-order valence-electron chi connectivity index (χ4n) is 2.41. The summed E-state index contributed by atoms with van der Waals surface area (Å²) in [6, 6.07) is 5.92. The number of anilines is 1. The predicted molar refractivity (Wildman–Crippen MR) is 86.6 cm³/mol. The van der Waals surface area contributed by atoms with Gasteiger partial charge in [-0.2, -0.15) is 11.8 Å². The second-order valence-corrected chi connectivity index (χ2v) is 8.75. The molecule has 1 unspecified atom stereocenters. The highest BCUT2D eigenvalue weighted by atomic mass is 32.2. The number of nitrogen functional groups attached to an aromatic ring is 1. The van der Waals surface area contributed by atoms with Crippen LogP contribution in [-0.4, -0.2) is 42.5 Å². The van der Waals surface area contributed by atoms with Gasteiger partial charge >= 0.3 is 0 Å². The molecule has 1 heterocycles. The number of nitrogens with two attached hydrogens (primary N) is 1. The Hall–Kier alpha value is -0.720. The number of hydrogen-bond donors (Lipinski definition) is 1. The summed E-state index contributed by atoms with van der Waals surface area (Å²) < 4.78 is 24.4. The molecule has 0 spiro atoms. The fourth-order valence-corrected chi connectivity index (χ4v) is 5.49. The molecular formula is C14H22N2O2S2. The minimum absolute atomic E-state index is 0.192. The molecule has 1 saturated heterocycles. The van der Waals surface area contributed by atoms with Gasteiger partial charge in [0.15, 0.2) is 9.84 Å². The van der Waals surface area contributed by atoms with E-state index >= 15 is 0 Å². The Bertz CT molecular complexity index is 573. The molecule has 0 amide bonds. The van der Waals surface area contributed by atoms with E-state index in [1.165, 1.54) is 0 Å². The van der Waals surface area contributed by atoms with Crippen LogP contribution in [-0.2, 0) is 16.4 Å². The van der Waals surface area contributed by atoms with E-state index in [0.717, 1.165) is 29.1 Å². The number of rotatable bonds is 4. The second-order valence-electron chi connectivity index (χ2n) is 5.15. The molecule has 0 aromatic heterocycles. The smallest absolute Gasteiger partial charge is 0.166 e. The van der Waals surface area contributed by atoms with Crippen molar-refractivity contribution in [3.63, 3.8) is 0 Å². The lowest BCUT2D eigenvalue weighted by atomic mass is 10.1. The SMILES string of the molecule is CCS(=O)(=O)C1CSCCN1Cc1cc(C)ccc1N. The molecule has 0 radical (unpaired) electrons. The summed E-state index contributed by atoms with van der Waals surface area (Å²) >= 11 is 1.71. The monoisotopic (exact) mass is 314 g/mol. The van der Waals surface area contributed by atoms with Crippen molar-refractivity contribution in [3.05, 3.63) is 29.3 Å². The van der Waals surface area contributed by atoms with Gasteiger partial charge in [0.05, 0.1) is 0 Å². The number of aryl methyl sites for hydroxylation is 1. The van der Waals surface area contributed by atoms with Crippen LogP contribution in [0.2, 0.25) is 0 Å². The normalized spacial score (nSPS) is 21.0. The largest absolute Gasteiger partial charge is 0.398 e. The van der Waals surface area contributed by atoms with Gasteiger partial charge in [-0.1, -0.05) is 24.6 Å². The van der Waals surface area contributed by atoms with Crippen LogP contribution in [0, 0.1) is 6.92 Å². The third kappa shape index (κ3) is 3.48. The van der Waals surface area contributed by atoms with Gasteiger partial charge in [0, 0.05) is 36.0 Å². The Morgan fingerprint density at radius 3 is 2.90 bits per heavy atom. The molecule has 1 atom stereocenters. The first-order valence-electron chi connectivity index (χ1n) is 6.82. The molecule has 1 fully saturated rings.